The van der Waals surface area contributed by atoms with Crippen molar-refractivity contribution in [2.24, 2.45) is 10.9 Å². The number of nitrogens with zero attached hydrogens (tertiary/aromatic N) is 3. The van der Waals surface area contributed by atoms with Crippen LogP contribution in [-0.4, -0.2) is 47.2 Å². The van der Waals surface area contributed by atoms with E-state index in [1.165, 1.54) is 6.07 Å². The number of sulfonamides is 1. The molecule has 0 radical (unpaired) electrons. The number of H-pyrrole nitrogens is 1. The van der Waals surface area contributed by atoms with Crippen LogP contribution in [0, 0.1) is 0 Å². The van der Waals surface area contributed by atoms with Gasteiger partial charge in [-0.05, 0) is 66.5 Å². The molecule has 2 aliphatic carbocycles. The molecule has 0 bridgehead atoms. The van der Waals surface area contributed by atoms with Crippen molar-refractivity contribution < 1.29 is 21.6 Å². The van der Waals surface area contributed by atoms with Crippen molar-refractivity contribution in [1.82, 2.24) is 25.9 Å². The van der Waals surface area contributed by atoms with Gasteiger partial charge in [-0.2, -0.15) is 13.2 Å². The summed E-state index contributed by atoms with van der Waals surface area (Å²) < 4.78 is 65.4. The van der Waals surface area contributed by atoms with Crippen molar-refractivity contribution in [3.63, 3.8) is 0 Å². The number of nitrogens with two attached hydrogens (primary N) is 2. The third kappa shape index (κ3) is 4.59. The number of aromatic nitrogens is 4. The molecular weight excluding hydrogens is 435 g/mol. The maximum absolute atomic E-state index is 13.6. The molecule has 0 spiro atoms. The largest absolute Gasteiger partial charge is 0.417 e. The zero-order valence-corrected chi connectivity index (χ0v) is 17.4. The average molecular weight is 459 g/mol. The van der Waals surface area contributed by atoms with Gasteiger partial charge in [0.15, 0.2) is 5.82 Å². The van der Waals surface area contributed by atoms with Gasteiger partial charge in [-0.15, -0.1) is 5.10 Å². The SMILES string of the molecule is NC1CC(NC2CCC(c3ccc(C(F)(F)F)c(S(N)(=O)=O)c3-c3nnn[nH]3)CC2)C1. The monoisotopic (exact) mass is 459 g/mol. The van der Waals surface area contributed by atoms with Crippen molar-refractivity contribution in [1.29, 1.82) is 0 Å². The van der Waals surface area contributed by atoms with Crippen LogP contribution in [0.4, 0.5) is 13.2 Å². The molecule has 170 valence electrons. The molecule has 13 heteroatoms. The fourth-order valence-electron chi connectivity index (χ4n) is 4.67. The zero-order valence-electron chi connectivity index (χ0n) is 16.6. The van der Waals surface area contributed by atoms with Crippen molar-refractivity contribution in [2.75, 3.05) is 0 Å². The first-order chi connectivity index (χ1) is 14.5. The third-order valence-corrected chi connectivity index (χ3v) is 7.17. The highest BCUT2D eigenvalue weighted by Gasteiger charge is 2.40. The fraction of sp³-hybridized carbons (Fsp3) is 0.611. The number of tetrazole rings is 1. The van der Waals surface area contributed by atoms with Crippen LogP contribution in [0.15, 0.2) is 17.0 Å². The second kappa shape index (κ2) is 8.11. The molecule has 0 saturated heterocycles. The van der Waals surface area contributed by atoms with Crippen LogP contribution in [0.25, 0.3) is 11.4 Å². The van der Waals surface area contributed by atoms with Crippen molar-refractivity contribution in [3.8, 4) is 11.4 Å². The molecule has 1 aromatic heterocycles. The summed E-state index contributed by atoms with van der Waals surface area (Å²) in [5.41, 5.74) is 4.74. The second-order valence-electron chi connectivity index (χ2n) is 8.34. The van der Waals surface area contributed by atoms with Crippen molar-refractivity contribution in [2.45, 2.75) is 73.6 Å². The lowest BCUT2D eigenvalue weighted by atomic mass is 9.78. The molecule has 0 aliphatic heterocycles. The molecule has 2 aliphatic rings. The Bertz CT molecular complexity index is 1030. The molecule has 1 aromatic carbocycles. The fourth-order valence-corrected chi connectivity index (χ4v) is 5.66. The van der Waals surface area contributed by atoms with Crippen LogP contribution < -0.4 is 16.2 Å². The van der Waals surface area contributed by atoms with Crippen LogP contribution in [0.1, 0.15) is 55.6 Å². The van der Waals surface area contributed by atoms with Gasteiger partial charge in [0, 0.05) is 23.7 Å². The van der Waals surface area contributed by atoms with Gasteiger partial charge in [0.1, 0.15) is 4.90 Å². The predicted molar refractivity (Wildman–Crippen MR) is 105 cm³/mol. The molecule has 1 heterocycles. The minimum Gasteiger partial charge on any atom is -0.328 e. The summed E-state index contributed by atoms with van der Waals surface area (Å²) in [6.07, 6.45) is -0.0284. The van der Waals surface area contributed by atoms with E-state index in [2.05, 4.69) is 25.9 Å². The van der Waals surface area contributed by atoms with Gasteiger partial charge in [-0.1, -0.05) is 6.07 Å². The lowest BCUT2D eigenvalue weighted by Crippen LogP contribution is -2.52. The normalized spacial score (nSPS) is 27.1. The van der Waals surface area contributed by atoms with E-state index in [-0.39, 0.29) is 23.3 Å². The number of alkyl halides is 3. The number of hydrogen-bond donors (Lipinski definition) is 4. The van der Waals surface area contributed by atoms with Crippen molar-refractivity contribution in [3.05, 3.63) is 23.3 Å². The Hall–Kier alpha value is -2.09. The highest BCUT2D eigenvalue weighted by Crippen LogP contribution is 2.44. The van der Waals surface area contributed by atoms with E-state index in [0.717, 1.165) is 31.7 Å². The summed E-state index contributed by atoms with van der Waals surface area (Å²) in [7, 11) is -4.72. The van der Waals surface area contributed by atoms with Gasteiger partial charge in [-0.3, -0.25) is 0 Å². The summed E-state index contributed by atoms with van der Waals surface area (Å²) in [5, 5.41) is 21.7. The Kier molecular flexibility index (Phi) is 5.79. The molecular formula is C18H24F3N7O2S. The highest BCUT2D eigenvalue weighted by atomic mass is 32.2. The van der Waals surface area contributed by atoms with E-state index >= 15 is 0 Å². The van der Waals surface area contributed by atoms with Crippen molar-refractivity contribution >= 4 is 10.0 Å². The Morgan fingerprint density at radius 1 is 1.10 bits per heavy atom. The third-order valence-electron chi connectivity index (χ3n) is 6.17. The van der Waals surface area contributed by atoms with Crippen LogP contribution in [0.2, 0.25) is 0 Å². The molecule has 0 unspecified atom stereocenters. The number of halogens is 3. The molecule has 2 saturated carbocycles. The Morgan fingerprint density at radius 2 is 1.77 bits per heavy atom. The molecule has 6 N–H and O–H groups in total. The quantitative estimate of drug-likeness (QED) is 0.530. The Balaban J connectivity index is 1.68. The van der Waals surface area contributed by atoms with Gasteiger partial charge >= 0.3 is 6.18 Å². The van der Waals surface area contributed by atoms with Gasteiger partial charge in [0.25, 0.3) is 0 Å². The molecule has 0 amide bonds. The van der Waals surface area contributed by atoms with E-state index in [0.29, 0.717) is 30.5 Å². The van der Waals surface area contributed by atoms with E-state index in [1.807, 2.05) is 0 Å². The van der Waals surface area contributed by atoms with Crippen LogP contribution >= 0.6 is 0 Å². The first-order valence-corrected chi connectivity index (χ1v) is 11.6. The molecule has 4 rings (SSSR count). The second-order valence-corrected chi connectivity index (χ2v) is 9.84. The number of nitrogens with one attached hydrogen (secondary N) is 2. The number of primary sulfonamides is 1. The van der Waals surface area contributed by atoms with Gasteiger partial charge in [0.2, 0.25) is 10.0 Å². The average Bonchev–Trinajstić information content (AvgIpc) is 3.19. The molecule has 9 nitrogen and oxygen atoms in total. The van der Waals surface area contributed by atoms with Gasteiger partial charge in [0.05, 0.1) is 5.56 Å². The topological polar surface area (TPSA) is 153 Å². The van der Waals surface area contributed by atoms with Crippen LogP contribution in [0.3, 0.4) is 0 Å². The first-order valence-electron chi connectivity index (χ1n) is 10.1. The van der Waals surface area contributed by atoms with Crippen LogP contribution in [-0.2, 0) is 16.2 Å². The lowest BCUT2D eigenvalue weighted by Gasteiger charge is -2.39. The van der Waals surface area contributed by atoms with Crippen LogP contribution in [0.5, 0.6) is 0 Å². The summed E-state index contributed by atoms with van der Waals surface area (Å²) >= 11 is 0. The molecule has 0 atom stereocenters. The van der Waals surface area contributed by atoms with E-state index < -0.39 is 26.7 Å². The minimum absolute atomic E-state index is 0.149. The predicted octanol–water partition coefficient (Wildman–Crippen LogP) is 1.64. The summed E-state index contributed by atoms with van der Waals surface area (Å²) in [6.45, 7) is 0. The summed E-state index contributed by atoms with van der Waals surface area (Å²) in [6, 6.07) is 3.06. The van der Waals surface area contributed by atoms with Gasteiger partial charge in [-0.25, -0.2) is 18.7 Å². The molecule has 2 aromatic rings. The number of hydrogen-bond acceptors (Lipinski definition) is 7. The van der Waals surface area contributed by atoms with E-state index in [4.69, 9.17) is 10.9 Å². The minimum atomic E-state index is -4.91. The number of benzene rings is 1. The Labute approximate surface area is 177 Å². The number of aromatic amines is 1. The summed E-state index contributed by atoms with van der Waals surface area (Å²) in [4.78, 5) is -1.00. The smallest absolute Gasteiger partial charge is 0.328 e. The Morgan fingerprint density at radius 3 is 2.29 bits per heavy atom. The van der Waals surface area contributed by atoms with E-state index in [9.17, 15) is 21.6 Å². The maximum Gasteiger partial charge on any atom is 0.417 e. The van der Waals surface area contributed by atoms with Gasteiger partial charge < -0.3 is 11.1 Å². The standard InChI is InChI=1S/C18H24F3N7O2S/c19-18(20,21)14-6-5-13(15(16(14)31(23,29)30)17-25-27-28-26-17)9-1-3-11(4-2-9)24-12-7-10(22)8-12/h5-6,9-12,24H,1-4,7-8,22H2,(H2,23,29,30)(H,25,26,27,28). The first kappa shape index (κ1) is 22.1. The van der Waals surface area contributed by atoms with E-state index in [1.54, 1.807) is 0 Å². The zero-order chi connectivity index (χ0) is 22.4. The highest BCUT2D eigenvalue weighted by molar-refractivity contribution is 7.89. The molecule has 31 heavy (non-hydrogen) atoms. The summed E-state index contributed by atoms with van der Waals surface area (Å²) in [5.74, 6) is -0.307. The maximum atomic E-state index is 13.6. The molecule has 2 fully saturated rings. The lowest BCUT2D eigenvalue weighted by molar-refractivity contribution is -0.139. The number of rotatable bonds is 5.